The molecule has 0 saturated heterocycles. The van der Waals surface area contributed by atoms with Gasteiger partial charge in [-0.3, -0.25) is 4.79 Å². The standard InChI is InChI=1S/C15H18N2O3/c18-15(19)10-4-2-1-3-5-12(10)17-14-11-7-9-20-13(11)6-8-16-14/h6-10,12H,1-5H2,(H,16,17)(H,18,19). The largest absolute Gasteiger partial charge is 0.481 e. The van der Waals surface area contributed by atoms with Crippen molar-refractivity contribution in [3.63, 3.8) is 0 Å². The minimum Gasteiger partial charge on any atom is -0.481 e. The summed E-state index contributed by atoms with van der Waals surface area (Å²) in [5.41, 5.74) is 0.767. The van der Waals surface area contributed by atoms with E-state index in [4.69, 9.17) is 4.42 Å². The molecule has 0 spiro atoms. The second-order valence-electron chi connectivity index (χ2n) is 5.33. The lowest BCUT2D eigenvalue weighted by Gasteiger charge is -2.23. The second-order valence-corrected chi connectivity index (χ2v) is 5.33. The van der Waals surface area contributed by atoms with Crippen LogP contribution >= 0.6 is 0 Å². The monoisotopic (exact) mass is 274 g/mol. The fraction of sp³-hybridized carbons (Fsp3) is 0.467. The van der Waals surface area contributed by atoms with Crippen molar-refractivity contribution in [2.45, 2.75) is 38.1 Å². The van der Waals surface area contributed by atoms with Gasteiger partial charge < -0.3 is 14.8 Å². The second kappa shape index (κ2) is 5.53. The molecule has 5 heteroatoms. The highest BCUT2D eigenvalue weighted by atomic mass is 16.4. The highest BCUT2D eigenvalue weighted by Gasteiger charge is 2.30. The highest BCUT2D eigenvalue weighted by Crippen LogP contribution is 2.29. The molecule has 106 valence electrons. The number of aliphatic carboxylic acids is 1. The summed E-state index contributed by atoms with van der Waals surface area (Å²) >= 11 is 0. The van der Waals surface area contributed by atoms with Crippen LogP contribution in [-0.2, 0) is 4.79 Å². The van der Waals surface area contributed by atoms with Crippen molar-refractivity contribution < 1.29 is 14.3 Å². The van der Waals surface area contributed by atoms with E-state index < -0.39 is 5.97 Å². The van der Waals surface area contributed by atoms with E-state index in [0.29, 0.717) is 0 Å². The number of aromatic nitrogens is 1. The van der Waals surface area contributed by atoms with Gasteiger partial charge in [-0.2, -0.15) is 0 Å². The van der Waals surface area contributed by atoms with Crippen LogP contribution in [0.2, 0.25) is 0 Å². The van der Waals surface area contributed by atoms with Gasteiger partial charge in [0.15, 0.2) is 0 Å². The lowest BCUT2D eigenvalue weighted by molar-refractivity contribution is -0.142. The minimum absolute atomic E-state index is 0.0667. The maximum atomic E-state index is 11.4. The molecule has 1 aliphatic rings. The Morgan fingerprint density at radius 2 is 2.15 bits per heavy atom. The van der Waals surface area contributed by atoms with Crippen LogP contribution in [0.4, 0.5) is 5.82 Å². The quantitative estimate of drug-likeness (QED) is 0.840. The summed E-state index contributed by atoms with van der Waals surface area (Å²) in [5.74, 6) is -0.348. The van der Waals surface area contributed by atoms with Crippen LogP contribution in [0.15, 0.2) is 29.0 Å². The molecule has 2 aromatic heterocycles. The van der Waals surface area contributed by atoms with Crippen molar-refractivity contribution in [2.24, 2.45) is 5.92 Å². The van der Waals surface area contributed by atoms with Crippen molar-refractivity contribution in [3.8, 4) is 0 Å². The van der Waals surface area contributed by atoms with Crippen molar-refractivity contribution in [2.75, 3.05) is 5.32 Å². The third kappa shape index (κ3) is 2.48. The molecule has 20 heavy (non-hydrogen) atoms. The van der Waals surface area contributed by atoms with Gasteiger partial charge in [-0.1, -0.05) is 19.3 Å². The highest BCUT2D eigenvalue weighted by molar-refractivity contribution is 5.88. The van der Waals surface area contributed by atoms with E-state index in [1.165, 1.54) is 0 Å². The molecule has 0 aliphatic heterocycles. The number of fused-ring (bicyclic) bond motifs is 1. The first-order valence-corrected chi connectivity index (χ1v) is 7.07. The molecule has 2 N–H and O–H groups in total. The van der Waals surface area contributed by atoms with Gasteiger partial charge >= 0.3 is 5.97 Å². The summed E-state index contributed by atoms with van der Waals surface area (Å²) in [6.07, 6.45) is 8.05. The zero-order chi connectivity index (χ0) is 13.9. The van der Waals surface area contributed by atoms with Gasteiger partial charge in [0.2, 0.25) is 0 Å². The molecule has 3 rings (SSSR count). The lowest BCUT2D eigenvalue weighted by atomic mass is 9.95. The van der Waals surface area contributed by atoms with E-state index in [0.717, 1.165) is 48.9 Å². The SMILES string of the molecule is O=C(O)C1CCCCCC1Nc1nccc2occc12. The van der Waals surface area contributed by atoms with Crippen molar-refractivity contribution in [1.29, 1.82) is 0 Å². The zero-order valence-electron chi connectivity index (χ0n) is 11.2. The van der Waals surface area contributed by atoms with Crippen LogP contribution in [0.25, 0.3) is 11.0 Å². The number of hydrogen-bond acceptors (Lipinski definition) is 4. The van der Waals surface area contributed by atoms with Gasteiger partial charge in [-0.25, -0.2) is 4.98 Å². The maximum Gasteiger partial charge on any atom is 0.308 e. The third-order valence-electron chi connectivity index (χ3n) is 4.04. The van der Waals surface area contributed by atoms with Crippen LogP contribution < -0.4 is 5.32 Å². The molecule has 0 aromatic carbocycles. The smallest absolute Gasteiger partial charge is 0.308 e. The number of carboxylic acid groups (broad SMARTS) is 1. The molecule has 5 nitrogen and oxygen atoms in total. The van der Waals surface area contributed by atoms with E-state index in [1.54, 1.807) is 12.5 Å². The van der Waals surface area contributed by atoms with Gasteiger partial charge in [0.25, 0.3) is 0 Å². The molecule has 1 fully saturated rings. The molecule has 0 amide bonds. The number of carbonyl (C=O) groups is 1. The first-order valence-electron chi connectivity index (χ1n) is 7.07. The first-order chi connectivity index (χ1) is 9.75. The molecule has 0 radical (unpaired) electrons. The van der Waals surface area contributed by atoms with E-state index in [2.05, 4.69) is 10.3 Å². The summed E-state index contributed by atoms with van der Waals surface area (Å²) in [4.78, 5) is 15.8. The van der Waals surface area contributed by atoms with Gasteiger partial charge in [-0.15, -0.1) is 0 Å². The molecule has 0 bridgehead atoms. The molecule has 2 heterocycles. The van der Waals surface area contributed by atoms with E-state index in [1.807, 2.05) is 12.1 Å². The van der Waals surface area contributed by atoms with Gasteiger partial charge in [0.05, 0.1) is 17.6 Å². The summed E-state index contributed by atoms with van der Waals surface area (Å²) in [5, 5.41) is 13.6. The van der Waals surface area contributed by atoms with E-state index in [9.17, 15) is 9.90 Å². The average molecular weight is 274 g/mol. The lowest BCUT2D eigenvalue weighted by Crippen LogP contribution is -2.34. The van der Waals surface area contributed by atoms with Crippen LogP contribution in [0.3, 0.4) is 0 Å². The minimum atomic E-state index is -0.719. The Kier molecular flexibility index (Phi) is 3.58. The Labute approximate surface area is 117 Å². The Morgan fingerprint density at radius 3 is 3.00 bits per heavy atom. The number of anilines is 1. The summed E-state index contributed by atoms with van der Waals surface area (Å²) in [6, 6.07) is 3.60. The number of hydrogen-bond donors (Lipinski definition) is 2. The van der Waals surface area contributed by atoms with Crippen molar-refractivity contribution >= 4 is 22.8 Å². The molecule has 1 saturated carbocycles. The third-order valence-corrected chi connectivity index (χ3v) is 4.04. The summed E-state index contributed by atoms with van der Waals surface area (Å²) in [7, 11) is 0. The summed E-state index contributed by atoms with van der Waals surface area (Å²) < 4.78 is 5.35. The molecule has 1 aliphatic carbocycles. The summed E-state index contributed by atoms with van der Waals surface area (Å²) in [6.45, 7) is 0. The van der Waals surface area contributed by atoms with Crippen LogP contribution in [-0.4, -0.2) is 22.1 Å². The van der Waals surface area contributed by atoms with Crippen LogP contribution in [0.1, 0.15) is 32.1 Å². The Balaban J connectivity index is 1.87. The topological polar surface area (TPSA) is 75.4 Å². The predicted octanol–water partition coefficient (Wildman–Crippen LogP) is 3.27. The molecular weight excluding hydrogens is 256 g/mol. The molecular formula is C15H18N2O3. The zero-order valence-corrected chi connectivity index (χ0v) is 11.2. The Morgan fingerprint density at radius 1 is 1.30 bits per heavy atom. The number of carboxylic acids is 1. The van der Waals surface area contributed by atoms with Crippen LogP contribution in [0, 0.1) is 5.92 Å². The number of nitrogens with zero attached hydrogens (tertiary/aromatic N) is 1. The van der Waals surface area contributed by atoms with Crippen LogP contribution in [0.5, 0.6) is 0 Å². The molecule has 2 aromatic rings. The maximum absolute atomic E-state index is 11.4. The van der Waals surface area contributed by atoms with Gasteiger partial charge in [-0.05, 0) is 25.0 Å². The molecule has 2 unspecified atom stereocenters. The fourth-order valence-electron chi connectivity index (χ4n) is 2.96. The number of rotatable bonds is 3. The van der Waals surface area contributed by atoms with Gasteiger partial charge in [0.1, 0.15) is 11.4 Å². The number of nitrogens with one attached hydrogen (secondary N) is 1. The van der Waals surface area contributed by atoms with Crippen molar-refractivity contribution in [1.82, 2.24) is 4.98 Å². The van der Waals surface area contributed by atoms with Crippen molar-refractivity contribution in [3.05, 3.63) is 24.6 Å². The van der Waals surface area contributed by atoms with E-state index in [-0.39, 0.29) is 12.0 Å². The number of furan rings is 1. The van der Waals surface area contributed by atoms with Gasteiger partial charge in [0, 0.05) is 12.2 Å². The first kappa shape index (κ1) is 13.0. The Bertz CT molecular complexity index is 608. The number of pyridine rings is 1. The Hall–Kier alpha value is -2.04. The normalized spacial score (nSPS) is 23.4. The average Bonchev–Trinajstić information content (AvgIpc) is 2.79. The predicted molar refractivity (Wildman–Crippen MR) is 75.6 cm³/mol. The van der Waals surface area contributed by atoms with E-state index >= 15 is 0 Å². The molecule has 2 atom stereocenters. The fourth-order valence-corrected chi connectivity index (χ4v) is 2.96.